The number of aromatic nitrogens is 1. The summed E-state index contributed by atoms with van der Waals surface area (Å²) < 4.78 is 19.3. The van der Waals surface area contributed by atoms with E-state index in [9.17, 15) is 14.0 Å². The van der Waals surface area contributed by atoms with Gasteiger partial charge in [-0.25, -0.2) is 4.39 Å². The molecule has 1 N–H and O–H groups in total. The number of hydrogen-bond donors (Lipinski definition) is 1. The molecular formula is C28H30FN3O3. The van der Waals surface area contributed by atoms with Crippen LogP contribution in [0.1, 0.15) is 61.1 Å². The maximum Gasteiger partial charge on any atom is 0.277 e. The maximum atomic E-state index is 13.8. The van der Waals surface area contributed by atoms with Crippen LogP contribution in [-0.4, -0.2) is 29.4 Å². The second-order valence-electron chi connectivity index (χ2n) is 8.61. The van der Waals surface area contributed by atoms with Gasteiger partial charge in [0.1, 0.15) is 23.3 Å². The highest BCUT2D eigenvalue weighted by Gasteiger charge is 2.35. The summed E-state index contributed by atoms with van der Waals surface area (Å²) in [4.78, 5) is 33.2. The van der Waals surface area contributed by atoms with E-state index in [1.165, 1.54) is 35.4 Å². The Kier molecular flexibility index (Phi) is 8.08. The van der Waals surface area contributed by atoms with E-state index in [0.717, 1.165) is 32.1 Å². The smallest absolute Gasteiger partial charge is 0.277 e. The van der Waals surface area contributed by atoms with Gasteiger partial charge >= 0.3 is 0 Å². The quantitative estimate of drug-likeness (QED) is 0.470. The zero-order valence-corrected chi connectivity index (χ0v) is 19.8. The van der Waals surface area contributed by atoms with Crippen molar-refractivity contribution in [1.82, 2.24) is 10.3 Å². The number of hydrogen-bond acceptors (Lipinski definition) is 4. The number of amides is 2. The molecule has 0 saturated heterocycles. The van der Waals surface area contributed by atoms with Crippen LogP contribution in [0, 0.1) is 5.82 Å². The molecule has 1 atom stereocenters. The van der Waals surface area contributed by atoms with Crippen molar-refractivity contribution >= 4 is 17.5 Å². The Labute approximate surface area is 205 Å². The Morgan fingerprint density at radius 3 is 2.37 bits per heavy atom. The summed E-state index contributed by atoms with van der Waals surface area (Å²) in [6.07, 6.45) is 6.64. The molecule has 182 valence electrons. The number of pyridine rings is 1. The zero-order chi connectivity index (χ0) is 24.6. The van der Waals surface area contributed by atoms with Crippen LogP contribution in [-0.2, 0) is 4.79 Å². The molecule has 3 aromatic rings. The number of benzene rings is 2. The van der Waals surface area contributed by atoms with Crippen LogP contribution in [0.4, 0.5) is 10.1 Å². The fraction of sp³-hybridized carbons (Fsp3) is 0.321. The summed E-state index contributed by atoms with van der Waals surface area (Å²) in [5, 5.41) is 3.17. The molecule has 1 aromatic heterocycles. The third kappa shape index (κ3) is 6.04. The van der Waals surface area contributed by atoms with Crippen molar-refractivity contribution in [2.45, 2.75) is 51.1 Å². The van der Waals surface area contributed by atoms with E-state index in [-0.39, 0.29) is 17.6 Å². The Hall–Kier alpha value is -3.74. The van der Waals surface area contributed by atoms with Crippen molar-refractivity contribution in [2.75, 3.05) is 11.5 Å². The second kappa shape index (κ2) is 11.6. The standard InChI is InChI=1S/C28H30FN3O3/c1-2-35-24-17-11-20(12-18-24)26(27(33)31-22-8-4-3-5-9-22)32(23-15-13-21(29)14-16-23)28(34)25-10-6-7-19-30-25/h6-7,10-19,22,26H,2-5,8-9H2,1H3,(H,31,33)/t26-/m1/s1. The highest BCUT2D eigenvalue weighted by Crippen LogP contribution is 2.31. The molecule has 1 heterocycles. The fourth-order valence-corrected chi connectivity index (χ4v) is 4.46. The van der Waals surface area contributed by atoms with Crippen LogP contribution in [0.2, 0.25) is 0 Å². The van der Waals surface area contributed by atoms with E-state index in [4.69, 9.17) is 4.74 Å². The maximum absolute atomic E-state index is 13.8. The van der Waals surface area contributed by atoms with Gasteiger partial charge in [-0.05, 0) is 73.9 Å². The topological polar surface area (TPSA) is 71.5 Å². The number of anilines is 1. The van der Waals surface area contributed by atoms with Gasteiger partial charge < -0.3 is 10.1 Å². The van der Waals surface area contributed by atoms with Crippen LogP contribution in [0.25, 0.3) is 0 Å². The molecule has 6 nitrogen and oxygen atoms in total. The SMILES string of the molecule is CCOc1ccc([C@H](C(=O)NC2CCCCC2)N(C(=O)c2ccccn2)c2ccc(F)cc2)cc1. The minimum atomic E-state index is -0.979. The lowest BCUT2D eigenvalue weighted by Crippen LogP contribution is -2.47. The summed E-state index contributed by atoms with van der Waals surface area (Å²) in [5.41, 5.74) is 1.22. The lowest BCUT2D eigenvalue weighted by molar-refractivity contribution is -0.123. The summed E-state index contributed by atoms with van der Waals surface area (Å²) in [7, 11) is 0. The van der Waals surface area contributed by atoms with E-state index < -0.39 is 17.8 Å². The van der Waals surface area contributed by atoms with E-state index in [0.29, 0.717) is 23.6 Å². The van der Waals surface area contributed by atoms with Gasteiger partial charge in [0.2, 0.25) is 5.91 Å². The number of nitrogens with zero attached hydrogens (tertiary/aromatic N) is 2. The van der Waals surface area contributed by atoms with Gasteiger partial charge in [0.05, 0.1) is 6.61 Å². The van der Waals surface area contributed by atoms with Crippen molar-refractivity contribution in [3.05, 3.63) is 90.0 Å². The first-order valence-electron chi connectivity index (χ1n) is 12.1. The molecule has 0 aliphatic heterocycles. The van der Waals surface area contributed by atoms with Crippen molar-refractivity contribution in [3.8, 4) is 5.75 Å². The van der Waals surface area contributed by atoms with Gasteiger partial charge in [0, 0.05) is 17.9 Å². The van der Waals surface area contributed by atoms with E-state index in [1.54, 1.807) is 42.5 Å². The zero-order valence-electron chi connectivity index (χ0n) is 19.8. The summed E-state index contributed by atoms with van der Waals surface area (Å²) in [6, 6.07) is 16.8. The number of nitrogens with one attached hydrogen (secondary N) is 1. The van der Waals surface area contributed by atoms with Crippen LogP contribution in [0.3, 0.4) is 0 Å². The summed E-state index contributed by atoms with van der Waals surface area (Å²) in [5.74, 6) is -0.486. The lowest BCUT2D eigenvalue weighted by atomic mass is 9.94. The third-order valence-electron chi connectivity index (χ3n) is 6.17. The highest BCUT2D eigenvalue weighted by molar-refractivity contribution is 6.09. The van der Waals surface area contributed by atoms with E-state index >= 15 is 0 Å². The van der Waals surface area contributed by atoms with E-state index in [2.05, 4.69) is 10.3 Å². The molecule has 7 heteroatoms. The molecule has 2 aromatic carbocycles. The molecule has 2 amide bonds. The predicted molar refractivity (Wildman–Crippen MR) is 133 cm³/mol. The van der Waals surface area contributed by atoms with Crippen LogP contribution in [0.5, 0.6) is 5.75 Å². The summed E-state index contributed by atoms with van der Waals surface area (Å²) in [6.45, 7) is 2.42. The van der Waals surface area contributed by atoms with Gasteiger partial charge in [-0.15, -0.1) is 0 Å². The predicted octanol–water partition coefficient (Wildman–Crippen LogP) is 5.46. The monoisotopic (exact) mass is 475 g/mol. The van der Waals surface area contributed by atoms with Crippen molar-refractivity contribution < 1.29 is 18.7 Å². The lowest BCUT2D eigenvalue weighted by Gasteiger charge is -2.33. The number of ether oxygens (including phenoxy) is 1. The number of carbonyl (C=O) groups excluding carboxylic acids is 2. The molecule has 0 radical (unpaired) electrons. The largest absolute Gasteiger partial charge is 0.494 e. The van der Waals surface area contributed by atoms with Crippen molar-refractivity contribution in [2.24, 2.45) is 0 Å². The number of halogens is 1. The third-order valence-corrected chi connectivity index (χ3v) is 6.17. The normalized spacial score (nSPS) is 14.7. The van der Waals surface area contributed by atoms with Gasteiger partial charge in [0.15, 0.2) is 0 Å². The minimum absolute atomic E-state index is 0.0569. The molecule has 1 fully saturated rings. The Morgan fingerprint density at radius 1 is 1.03 bits per heavy atom. The van der Waals surface area contributed by atoms with Gasteiger partial charge in [-0.2, -0.15) is 0 Å². The van der Waals surface area contributed by atoms with Crippen LogP contribution < -0.4 is 15.0 Å². The molecule has 1 saturated carbocycles. The van der Waals surface area contributed by atoms with Crippen LogP contribution >= 0.6 is 0 Å². The Bertz CT molecular complexity index is 1110. The summed E-state index contributed by atoms with van der Waals surface area (Å²) >= 11 is 0. The highest BCUT2D eigenvalue weighted by atomic mass is 19.1. The van der Waals surface area contributed by atoms with Gasteiger partial charge in [0.25, 0.3) is 5.91 Å². The number of rotatable bonds is 8. The average Bonchev–Trinajstić information content (AvgIpc) is 2.89. The molecule has 4 rings (SSSR count). The average molecular weight is 476 g/mol. The number of carbonyl (C=O) groups is 2. The van der Waals surface area contributed by atoms with Gasteiger partial charge in [-0.1, -0.05) is 37.5 Å². The molecule has 1 aliphatic rings. The molecule has 0 bridgehead atoms. The molecule has 0 spiro atoms. The molecule has 1 aliphatic carbocycles. The molecule has 35 heavy (non-hydrogen) atoms. The Balaban J connectivity index is 1.78. The first kappa shape index (κ1) is 24.4. The van der Waals surface area contributed by atoms with Gasteiger partial charge in [-0.3, -0.25) is 19.5 Å². The Morgan fingerprint density at radius 2 is 1.74 bits per heavy atom. The first-order chi connectivity index (χ1) is 17.1. The van der Waals surface area contributed by atoms with Crippen molar-refractivity contribution in [3.63, 3.8) is 0 Å². The van der Waals surface area contributed by atoms with E-state index in [1.807, 2.05) is 6.92 Å². The fourth-order valence-electron chi connectivity index (χ4n) is 4.46. The molecular weight excluding hydrogens is 445 g/mol. The second-order valence-corrected chi connectivity index (χ2v) is 8.61. The first-order valence-corrected chi connectivity index (χ1v) is 12.1. The van der Waals surface area contributed by atoms with Crippen LogP contribution in [0.15, 0.2) is 72.9 Å². The molecule has 0 unspecified atom stereocenters. The van der Waals surface area contributed by atoms with Crippen molar-refractivity contribution in [1.29, 1.82) is 0 Å². The minimum Gasteiger partial charge on any atom is -0.494 e.